The standard InChI is InChI=1S/C18H22N6O3/c1-22-16(11-24-9-3-7-19-24)20-21-17(22)13-4-2-8-23(10-13)18(26)15-6-5-14(12-25)27-15/h3,5-7,9,13,25H,2,4,8,10-12H2,1H3/t13-/m1/s1. The molecule has 1 atom stereocenters. The van der Waals surface area contributed by atoms with Crippen LogP contribution < -0.4 is 0 Å². The topological polar surface area (TPSA) is 102 Å². The summed E-state index contributed by atoms with van der Waals surface area (Å²) >= 11 is 0. The van der Waals surface area contributed by atoms with Gasteiger partial charge in [0.1, 0.15) is 24.7 Å². The van der Waals surface area contributed by atoms with Crippen LogP contribution in [0.4, 0.5) is 0 Å². The highest BCUT2D eigenvalue weighted by Gasteiger charge is 2.30. The van der Waals surface area contributed by atoms with Gasteiger partial charge in [0, 0.05) is 38.4 Å². The summed E-state index contributed by atoms with van der Waals surface area (Å²) in [6, 6.07) is 5.11. The van der Waals surface area contributed by atoms with E-state index < -0.39 is 0 Å². The molecule has 0 spiro atoms. The van der Waals surface area contributed by atoms with E-state index in [4.69, 9.17) is 9.52 Å². The number of amides is 1. The molecule has 0 unspecified atom stereocenters. The summed E-state index contributed by atoms with van der Waals surface area (Å²) in [4.78, 5) is 14.5. The highest BCUT2D eigenvalue weighted by molar-refractivity contribution is 5.91. The third-order valence-electron chi connectivity index (χ3n) is 4.96. The van der Waals surface area contributed by atoms with Crippen molar-refractivity contribution in [1.82, 2.24) is 29.4 Å². The number of rotatable bonds is 5. The molecule has 0 aliphatic carbocycles. The zero-order valence-electron chi connectivity index (χ0n) is 15.2. The van der Waals surface area contributed by atoms with Crippen molar-refractivity contribution in [2.45, 2.75) is 31.9 Å². The lowest BCUT2D eigenvalue weighted by atomic mass is 9.97. The van der Waals surface area contributed by atoms with Crippen LogP contribution in [0.25, 0.3) is 0 Å². The Morgan fingerprint density at radius 3 is 3.00 bits per heavy atom. The van der Waals surface area contributed by atoms with Crippen molar-refractivity contribution in [3.05, 3.63) is 53.8 Å². The Hall–Kier alpha value is -2.94. The van der Waals surface area contributed by atoms with Gasteiger partial charge >= 0.3 is 0 Å². The van der Waals surface area contributed by atoms with Gasteiger partial charge in [0.25, 0.3) is 5.91 Å². The molecule has 0 bridgehead atoms. The van der Waals surface area contributed by atoms with Crippen LogP contribution in [0.5, 0.6) is 0 Å². The third kappa shape index (κ3) is 3.50. The second-order valence-corrected chi connectivity index (χ2v) is 6.75. The molecule has 0 saturated carbocycles. The molecule has 3 aromatic rings. The van der Waals surface area contributed by atoms with E-state index in [0.29, 0.717) is 25.4 Å². The minimum Gasteiger partial charge on any atom is -0.453 e. The van der Waals surface area contributed by atoms with Crippen molar-refractivity contribution in [2.75, 3.05) is 13.1 Å². The lowest BCUT2D eigenvalue weighted by Crippen LogP contribution is -2.39. The maximum absolute atomic E-state index is 12.7. The van der Waals surface area contributed by atoms with Gasteiger partial charge < -0.3 is 19.0 Å². The lowest BCUT2D eigenvalue weighted by Gasteiger charge is -2.31. The third-order valence-corrected chi connectivity index (χ3v) is 4.96. The van der Waals surface area contributed by atoms with E-state index in [-0.39, 0.29) is 24.2 Å². The van der Waals surface area contributed by atoms with Crippen molar-refractivity contribution in [3.63, 3.8) is 0 Å². The molecule has 4 rings (SSSR count). The van der Waals surface area contributed by atoms with Gasteiger partial charge in [-0.2, -0.15) is 5.10 Å². The molecule has 0 aromatic carbocycles. The first kappa shape index (κ1) is 17.5. The van der Waals surface area contributed by atoms with Gasteiger partial charge in [-0.25, -0.2) is 0 Å². The number of aliphatic hydroxyl groups is 1. The smallest absolute Gasteiger partial charge is 0.289 e. The van der Waals surface area contributed by atoms with Crippen molar-refractivity contribution >= 4 is 5.91 Å². The molecular weight excluding hydrogens is 348 g/mol. The summed E-state index contributed by atoms with van der Waals surface area (Å²) in [5.41, 5.74) is 0. The molecule has 9 nitrogen and oxygen atoms in total. The largest absolute Gasteiger partial charge is 0.453 e. The Morgan fingerprint density at radius 1 is 1.37 bits per heavy atom. The highest BCUT2D eigenvalue weighted by atomic mass is 16.4. The summed E-state index contributed by atoms with van der Waals surface area (Å²) in [6.45, 7) is 1.60. The number of likely N-dealkylation sites (tertiary alicyclic amines) is 1. The fourth-order valence-corrected chi connectivity index (χ4v) is 3.51. The zero-order chi connectivity index (χ0) is 18.8. The van der Waals surface area contributed by atoms with Gasteiger partial charge in [0.05, 0.1) is 0 Å². The van der Waals surface area contributed by atoms with E-state index in [1.807, 2.05) is 23.9 Å². The van der Waals surface area contributed by atoms with Crippen LogP contribution in [0.15, 0.2) is 35.0 Å². The monoisotopic (exact) mass is 370 g/mol. The number of nitrogens with zero attached hydrogens (tertiary/aromatic N) is 6. The molecule has 1 amide bonds. The van der Waals surface area contributed by atoms with Gasteiger partial charge in [-0.15, -0.1) is 10.2 Å². The van der Waals surface area contributed by atoms with Crippen LogP contribution in [-0.2, 0) is 20.2 Å². The molecule has 1 aliphatic rings. The molecule has 142 valence electrons. The number of hydrogen-bond donors (Lipinski definition) is 1. The van der Waals surface area contributed by atoms with Crippen molar-refractivity contribution in [3.8, 4) is 0 Å². The van der Waals surface area contributed by atoms with E-state index >= 15 is 0 Å². The van der Waals surface area contributed by atoms with Gasteiger partial charge in [0.2, 0.25) is 0 Å². The maximum atomic E-state index is 12.7. The van der Waals surface area contributed by atoms with Gasteiger partial charge in [-0.05, 0) is 31.0 Å². The molecule has 0 radical (unpaired) electrons. The second kappa shape index (κ2) is 7.36. The van der Waals surface area contributed by atoms with E-state index in [1.54, 1.807) is 27.9 Å². The number of aliphatic hydroxyl groups excluding tert-OH is 1. The van der Waals surface area contributed by atoms with E-state index in [9.17, 15) is 4.79 Å². The molecule has 9 heteroatoms. The average Bonchev–Trinajstić information content (AvgIpc) is 3.44. The van der Waals surface area contributed by atoms with Gasteiger partial charge in [-0.3, -0.25) is 9.48 Å². The first-order valence-electron chi connectivity index (χ1n) is 9.00. The van der Waals surface area contributed by atoms with Crippen LogP contribution in [0.1, 0.15) is 46.7 Å². The summed E-state index contributed by atoms with van der Waals surface area (Å²) in [5.74, 6) is 2.33. The number of furan rings is 1. The minimum absolute atomic E-state index is 0.124. The van der Waals surface area contributed by atoms with Crippen molar-refractivity contribution in [1.29, 1.82) is 0 Å². The Bertz CT molecular complexity index is 914. The Balaban J connectivity index is 1.48. The number of hydrogen-bond acceptors (Lipinski definition) is 6. The number of carbonyl (C=O) groups excluding carboxylic acids is 1. The van der Waals surface area contributed by atoms with Crippen molar-refractivity contribution in [2.24, 2.45) is 7.05 Å². The minimum atomic E-state index is -0.214. The first-order chi connectivity index (χ1) is 13.2. The predicted octanol–water partition coefficient (Wildman–Crippen LogP) is 1.17. The number of aromatic nitrogens is 5. The maximum Gasteiger partial charge on any atom is 0.289 e. The summed E-state index contributed by atoms with van der Waals surface area (Å²) < 4.78 is 9.19. The van der Waals surface area contributed by atoms with E-state index in [2.05, 4.69) is 15.3 Å². The fourth-order valence-electron chi connectivity index (χ4n) is 3.51. The van der Waals surface area contributed by atoms with Crippen LogP contribution in [0, 0.1) is 0 Å². The normalized spacial score (nSPS) is 17.4. The average molecular weight is 370 g/mol. The number of piperidine rings is 1. The van der Waals surface area contributed by atoms with Crippen LogP contribution >= 0.6 is 0 Å². The van der Waals surface area contributed by atoms with Crippen molar-refractivity contribution < 1.29 is 14.3 Å². The summed E-state index contributed by atoms with van der Waals surface area (Å²) in [5, 5.41) is 22.0. The van der Waals surface area contributed by atoms with E-state index in [1.165, 1.54) is 0 Å². The molecular formula is C18H22N6O3. The van der Waals surface area contributed by atoms with Crippen LogP contribution in [-0.4, -0.2) is 53.5 Å². The first-order valence-corrected chi connectivity index (χ1v) is 9.00. The summed E-state index contributed by atoms with van der Waals surface area (Å²) in [7, 11) is 1.95. The fraction of sp³-hybridized carbons (Fsp3) is 0.444. The van der Waals surface area contributed by atoms with Crippen LogP contribution in [0.3, 0.4) is 0 Å². The van der Waals surface area contributed by atoms with Gasteiger partial charge in [-0.1, -0.05) is 0 Å². The van der Waals surface area contributed by atoms with E-state index in [0.717, 1.165) is 24.5 Å². The molecule has 1 saturated heterocycles. The summed E-state index contributed by atoms with van der Waals surface area (Å²) in [6.07, 6.45) is 5.47. The Kier molecular flexibility index (Phi) is 4.76. The van der Waals surface area contributed by atoms with Crippen LogP contribution in [0.2, 0.25) is 0 Å². The zero-order valence-corrected chi connectivity index (χ0v) is 15.2. The molecule has 1 N–H and O–H groups in total. The quantitative estimate of drug-likeness (QED) is 0.723. The lowest BCUT2D eigenvalue weighted by molar-refractivity contribution is 0.0666. The van der Waals surface area contributed by atoms with Gasteiger partial charge in [0.15, 0.2) is 11.6 Å². The number of carbonyl (C=O) groups is 1. The Labute approximate surface area is 156 Å². The molecule has 1 aliphatic heterocycles. The molecule has 1 fully saturated rings. The molecule has 4 heterocycles. The molecule has 3 aromatic heterocycles. The Morgan fingerprint density at radius 2 is 2.26 bits per heavy atom. The highest BCUT2D eigenvalue weighted by Crippen LogP contribution is 2.27. The second-order valence-electron chi connectivity index (χ2n) is 6.75. The SMILES string of the molecule is Cn1c(Cn2cccn2)nnc1[C@@H]1CCCN(C(=O)c2ccc(CO)o2)C1. The molecule has 27 heavy (non-hydrogen) atoms. The predicted molar refractivity (Wildman–Crippen MR) is 94.8 cm³/mol.